The lowest BCUT2D eigenvalue weighted by molar-refractivity contribution is -0.114. The molecule has 6 heteroatoms. The van der Waals surface area contributed by atoms with Gasteiger partial charge in [-0.25, -0.2) is 0 Å². The number of hydrogen-bond acceptors (Lipinski definition) is 5. The van der Waals surface area contributed by atoms with Crippen LogP contribution < -0.4 is 10.6 Å². The van der Waals surface area contributed by atoms with E-state index in [-0.39, 0.29) is 5.91 Å². The number of amides is 1. The summed E-state index contributed by atoms with van der Waals surface area (Å²) in [5.74, 6) is 2.51. The zero-order valence-electron chi connectivity index (χ0n) is 11.3. The van der Waals surface area contributed by atoms with Crippen LogP contribution in [0.15, 0.2) is 11.4 Å². The Morgan fingerprint density at radius 3 is 2.95 bits per heavy atom. The highest BCUT2D eigenvalue weighted by Gasteiger charge is 2.09. The molecule has 106 valence electrons. The fourth-order valence-electron chi connectivity index (χ4n) is 2.04. The van der Waals surface area contributed by atoms with Crippen LogP contribution in [-0.2, 0) is 11.3 Å². The molecule has 0 spiro atoms. The minimum absolute atomic E-state index is 0.00883. The van der Waals surface area contributed by atoms with Crippen molar-refractivity contribution in [3.05, 3.63) is 16.3 Å². The Labute approximate surface area is 122 Å². The average Bonchev–Trinajstić information content (AvgIpc) is 2.82. The van der Waals surface area contributed by atoms with E-state index >= 15 is 0 Å². The number of thiophene rings is 1. The van der Waals surface area contributed by atoms with E-state index in [2.05, 4.69) is 15.5 Å². The van der Waals surface area contributed by atoms with E-state index in [0.717, 1.165) is 25.3 Å². The monoisotopic (exact) mass is 299 g/mol. The zero-order valence-corrected chi connectivity index (χ0v) is 12.9. The van der Waals surface area contributed by atoms with Gasteiger partial charge in [-0.05, 0) is 11.4 Å². The summed E-state index contributed by atoms with van der Waals surface area (Å²) in [6, 6.07) is 1.96. The van der Waals surface area contributed by atoms with Gasteiger partial charge in [0, 0.05) is 56.0 Å². The van der Waals surface area contributed by atoms with E-state index in [0.29, 0.717) is 0 Å². The molecule has 19 heavy (non-hydrogen) atoms. The van der Waals surface area contributed by atoms with Gasteiger partial charge in [0.2, 0.25) is 5.91 Å². The van der Waals surface area contributed by atoms with Gasteiger partial charge in [-0.15, -0.1) is 11.3 Å². The molecule has 1 aliphatic heterocycles. The molecule has 1 fully saturated rings. The quantitative estimate of drug-likeness (QED) is 0.787. The van der Waals surface area contributed by atoms with Gasteiger partial charge in [0.25, 0.3) is 0 Å². The van der Waals surface area contributed by atoms with Crippen molar-refractivity contribution in [1.82, 2.24) is 10.2 Å². The van der Waals surface area contributed by atoms with E-state index in [1.807, 2.05) is 23.2 Å². The number of nitrogens with one attached hydrogen (secondary N) is 2. The Morgan fingerprint density at radius 2 is 2.21 bits per heavy atom. The van der Waals surface area contributed by atoms with Gasteiger partial charge in [0.1, 0.15) is 0 Å². The molecule has 0 aliphatic carbocycles. The predicted molar refractivity (Wildman–Crippen MR) is 84.1 cm³/mol. The van der Waals surface area contributed by atoms with Gasteiger partial charge < -0.3 is 15.5 Å². The molecule has 0 unspecified atom stereocenters. The van der Waals surface area contributed by atoms with Crippen LogP contribution in [0.3, 0.4) is 0 Å². The highest BCUT2D eigenvalue weighted by atomic mass is 32.2. The number of hydrogen-bond donors (Lipinski definition) is 2. The molecule has 2 heterocycles. The van der Waals surface area contributed by atoms with Crippen LogP contribution in [0.5, 0.6) is 0 Å². The zero-order chi connectivity index (χ0) is 13.5. The second kappa shape index (κ2) is 7.89. The predicted octanol–water partition coefficient (Wildman–Crippen LogP) is 1.84. The maximum Gasteiger partial charge on any atom is 0.221 e. The SMILES string of the molecule is CC(=O)Nc1ccsc1CNCCN1CCSCC1. The van der Waals surface area contributed by atoms with Crippen LogP contribution in [0.1, 0.15) is 11.8 Å². The standard InChI is InChI=1S/C13H21N3OS2/c1-11(17)15-12-2-7-19-13(12)10-14-3-4-16-5-8-18-9-6-16/h2,7,14H,3-6,8-10H2,1H3,(H,15,17). The van der Waals surface area contributed by atoms with Gasteiger partial charge in [-0.3, -0.25) is 4.79 Å². The molecule has 2 rings (SSSR count). The molecule has 0 saturated carbocycles. The molecule has 0 bridgehead atoms. The Morgan fingerprint density at radius 1 is 1.42 bits per heavy atom. The van der Waals surface area contributed by atoms with Crippen molar-refractivity contribution in [2.75, 3.05) is 43.0 Å². The van der Waals surface area contributed by atoms with Crippen molar-refractivity contribution in [3.63, 3.8) is 0 Å². The van der Waals surface area contributed by atoms with E-state index in [1.54, 1.807) is 18.3 Å². The van der Waals surface area contributed by atoms with Crippen molar-refractivity contribution in [2.45, 2.75) is 13.5 Å². The minimum atomic E-state index is -0.00883. The molecule has 1 saturated heterocycles. The summed E-state index contributed by atoms with van der Waals surface area (Å²) >= 11 is 3.73. The number of nitrogens with zero attached hydrogens (tertiary/aromatic N) is 1. The summed E-state index contributed by atoms with van der Waals surface area (Å²) < 4.78 is 0. The molecule has 0 radical (unpaired) electrons. The van der Waals surface area contributed by atoms with Crippen LogP contribution in [-0.4, -0.2) is 48.5 Å². The number of carbonyl (C=O) groups is 1. The first kappa shape index (κ1) is 14.8. The number of rotatable bonds is 6. The van der Waals surface area contributed by atoms with E-state index in [4.69, 9.17) is 0 Å². The van der Waals surface area contributed by atoms with Crippen molar-refractivity contribution < 1.29 is 4.79 Å². The number of carbonyl (C=O) groups excluding carboxylic acids is 1. The fraction of sp³-hybridized carbons (Fsp3) is 0.615. The van der Waals surface area contributed by atoms with Gasteiger partial charge in [0.15, 0.2) is 0 Å². The fourth-order valence-corrected chi connectivity index (χ4v) is 3.82. The Bertz CT molecular complexity index is 402. The van der Waals surface area contributed by atoms with Crippen LogP contribution in [0.2, 0.25) is 0 Å². The van der Waals surface area contributed by atoms with Gasteiger partial charge in [-0.2, -0.15) is 11.8 Å². The van der Waals surface area contributed by atoms with Crippen molar-refractivity contribution >= 4 is 34.7 Å². The Kier molecular flexibility index (Phi) is 6.16. The molecule has 1 aromatic heterocycles. The van der Waals surface area contributed by atoms with Gasteiger partial charge in [0.05, 0.1) is 5.69 Å². The summed E-state index contributed by atoms with van der Waals surface area (Å²) in [6.07, 6.45) is 0. The summed E-state index contributed by atoms with van der Waals surface area (Å²) in [6.45, 7) is 6.91. The topological polar surface area (TPSA) is 44.4 Å². The normalized spacial score (nSPS) is 16.5. The first-order chi connectivity index (χ1) is 9.25. The first-order valence-corrected chi connectivity index (χ1v) is 8.64. The van der Waals surface area contributed by atoms with E-state index in [1.165, 1.54) is 29.5 Å². The van der Waals surface area contributed by atoms with Crippen LogP contribution >= 0.6 is 23.1 Å². The van der Waals surface area contributed by atoms with Crippen molar-refractivity contribution in [1.29, 1.82) is 0 Å². The molecular weight excluding hydrogens is 278 g/mol. The highest BCUT2D eigenvalue weighted by molar-refractivity contribution is 7.99. The van der Waals surface area contributed by atoms with Crippen LogP contribution in [0.4, 0.5) is 5.69 Å². The largest absolute Gasteiger partial charge is 0.325 e. The highest BCUT2D eigenvalue weighted by Crippen LogP contribution is 2.21. The first-order valence-electron chi connectivity index (χ1n) is 6.60. The van der Waals surface area contributed by atoms with Crippen molar-refractivity contribution in [3.8, 4) is 0 Å². The third kappa shape index (κ3) is 5.14. The summed E-state index contributed by atoms with van der Waals surface area (Å²) in [4.78, 5) is 14.8. The Hall–Kier alpha value is -0.560. The summed E-state index contributed by atoms with van der Waals surface area (Å²) in [5.41, 5.74) is 0.944. The summed E-state index contributed by atoms with van der Waals surface area (Å²) in [7, 11) is 0. The lowest BCUT2D eigenvalue weighted by Gasteiger charge is -2.26. The average molecular weight is 299 g/mol. The maximum absolute atomic E-state index is 11.1. The van der Waals surface area contributed by atoms with Crippen LogP contribution in [0.25, 0.3) is 0 Å². The molecule has 0 aromatic carbocycles. The molecule has 1 aliphatic rings. The second-order valence-electron chi connectivity index (χ2n) is 4.57. The van der Waals surface area contributed by atoms with E-state index in [9.17, 15) is 4.79 Å². The molecule has 1 aromatic rings. The third-order valence-electron chi connectivity index (χ3n) is 3.05. The van der Waals surface area contributed by atoms with E-state index < -0.39 is 0 Å². The summed E-state index contributed by atoms with van der Waals surface area (Å²) in [5, 5.41) is 8.34. The smallest absolute Gasteiger partial charge is 0.221 e. The Balaban J connectivity index is 1.67. The second-order valence-corrected chi connectivity index (χ2v) is 6.79. The lowest BCUT2D eigenvalue weighted by Crippen LogP contribution is -2.37. The van der Waals surface area contributed by atoms with Gasteiger partial charge in [-0.1, -0.05) is 0 Å². The molecule has 2 N–H and O–H groups in total. The molecule has 0 atom stereocenters. The minimum Gasteiger partial charge on any atom is -0.325 e. The van der Waals surface area contributed by atoms with Crippen LogP contribution in [0, 0.1) is 0 Å². The number of thioether (sulfide) groups is 1. The lowest BCUT2D eigenvalue weighted by atomic mass is 10.3. The van der Waals surface area contributed by atoms with Crippen molar-refractivity contribution in [2.24, 2.45) is 0 Å². The number of anilines is 1. The van der Waals surface area contributed by atoms with Gasteiger partial charge >= 0.3 is 0 Å². The third-order valence-corrected chi connectivity index (χ3v) is 4.91. The molecular formula is C13H21N3OS2. The maximum atomic E-state index is 11.1. The molecule has 4 nitrogen and oxygen atoms in total. The molecule has 1 amide bonds.